The van der Waals surface area contributed by atoms with Gasteiger partial charge in [0.2, 0.25) is 0 Å². The van der Waals surface area contributed by atoms with Crippen LogP contribution in [0.3, 0.4) is 0 Å². The normalized spacial score (nSPS) is 12.9. The number of nitrogens with zero attached hydrogens (tertiary/aromatic N) is 1. The average molecular weight is 563 g/mol. The summed E-state index contributed by atoms with van der Waals surface area (Å²) in [6, 6.07) is 11.6. The monoisotopic (exact) mass is 562 g/mol. The second kappa shape index (κ2) is 10.8. The van der Waals surface area contributed by atoms with Crippen LogP contribution in [0.25, 0.3) is 0 Å². The molecule has 0 fully saturated rings. The Morgan fingerprint density at radius 3 is 2.32 bits per heavy atom. The number of carbonyl (C=O) groups excluding carboxylic acids is 3. The molecule has 0 saturated carbocycles. The van der Waals surface area contributed by atoms with Crippen molar-refractivity contribution in [1.82, 2.24) is 10.2 Å². The Hall–Kier alpha value is -3.61. The number of amides is 3. The maximum Gasteiger partial charge on any atom is 0.409 e. The lowest BCUT2D eigenvalue weighted by Gasteiger charge is -2.25. The van der Waals surface area contributed by atoms with Crippen LogP contribution in [0.15, 0.2) is 53.4 Å². The van der Waals surface area contributed by atoms with Gasteiger partial charge in [-0.2, -0.15) is 0 Å². The highest BCUT2D eigenvalue weighted by Gasteiger charge is 2.30. The summed E-state index contributed by atoms with van der Waals surface area (Å²) in [6.07, 6.45) is -0.0138. The summed E-state index contributed by atoms with van der Waals surface area (Å²) in [6.45, 7) is 0.663. The lowest BCUT2D eigenvalue weighted by Crippen LogP contribution is -2.35. The fourth-order valence-corrected chi connectivity index (χ4v) is 6.27. The first-order valence-electron chi connectivity index (χ1n) is 11.0. The SMILES string of the molecule is CNC(=O)c1c(NC(=O)c2ccc(NS(=O)(=O)c3ccc(Cl)cc3)cc2)sc2c1CCN(C(=O)OC)C2. The van der Waals surface area contributed by atoms with E-state index in [0.717, 1.165) is 10.4 Å². The Kier molecular flexibility index (Phi) is 7.71. The molecular formula is C24H23ClN4O6S2. The first kappa shape index (κ1) is 26.5. The van der Waals surface area contributed by atoms with Gasteiger partial charge in [0.1, 0.15) is 5.00 Å². The number of rotatable bonds is 6. The van der Waals surface area contributed by atoms with Gasteiger partial charge in [-0.1, -0.05) is 11.6 Å². The van der Waals surface area contributed by atoms with Gasteiger partial charge in [-0.05, 0) is 60.5 Å². The van der Waals surface area contributed by atoms with Crippen LogP contribution in [0.4, 0.5) is 15.5 Å². The Balaban J connectivity index is 1.52. The molecule has 3 amide bonds. The van der Waals surface area contributed by atoms with E-state index in [0.29, 0.717) is 28.6 Å². The van der Waals surface area contributed by atoms with Crippen molar-refractivity contribution in [2.24, 2.45) is 0 Å². The van der Waals surface area contributed by atoms with E-state index in [1.807, 2.05) is 0 Å². The van der Waals surface area contributed by atoms with Gasteiger partial charge in [-0.15, -0.1) is 11.3 Å². The number of hydrogen-bond donors (Lipinski definition) is 3. The summed E-state index contributed by atoms with van der Waals surface area (Å²) in [7, 11) is -1.02. The Morgan fingerprint density at radius 2 is 1.70 bits per heavy atom. The molecule has 3 N–H and O–H groups in total. The fourth-order valence-electron chi connectivity index (χ4n) is 3.83. The smallest absolute Gasteiger partial charge is 0.409 e. The molecule has 2 aromatic carbocycles. The number of hydrogen-bond acceptors (Lipinski definition) is 7. The highest BCUT2D eigenvalue weighted by Crippen LogP contribution is 2.37. The summed E-state index contributed by atoms with van der Waals surface area (Å²) in [4.78, 5) is 39.9. The Morgan fingerprint density at radius 1 is 1.03 bits per heavy atom. The molecule has 1 aromatic heterocycles. The minimum Gasteiger partial charge on any atom is -0.453 e. The van der Waals surface area contributed by atoms with Gasteiger partial charge in [-0.3, -0.25) is 14.3 Å². The zero-order chi connectivity index (χ0) is 26.7. The summed E-state index contributed by atoms with van der Waals surface area (Å²) >= 11 is 7.05. The third-order valence-corrected chi connectivity index (χ3v) is 8.48. The van der Waals surface area contributed by atoms with Crippen molar-refractivity contribution in [3.8, 4) is 0 Å². The van der Waals surface area contributed by atoms with Crippen LogP contribution in [0.2, 0.25) is 5.02 Å². The van der Waals surface area contributed by atoms with E-state index in [1.54, 1.807) is 0 Å². The summed E-state index contributed by atoms with van der Waals surface area (Å²) in [5.74, 6) is -0.813. The first-order chi connectivity index (χ1) is 17.6. The fraction of sp³-hybridized carbons (Fsp3) is 0.208. The van der Waals surface area contributed by atoms with Crippen LogP contribution in [0.1, 0.15) is 31.2 Å². The van der Waals surface area contributed by atoms with Crippen molar-refractivity contribution < 1.29 is 27.5 Å². The summed E-state index contributed by atoms with van der Waals surface area (Å²) in [5.41, 5.74) is 1.69. The van der Waals surface area contributed by atoms with Gasteiger partial charge in [0.15, 0.2) is 0 Å². The number of methoxy groups -OCH3 is 1. The van der Waals surface area contributed by atoms with Crippen molar-refractivity contribution in [3.05, 3.63) is 75.1 Å². The lowest BCUT2D eigenvalue weighted by molar-refractivity contribution is 0.0962. The second-order valence-electron chi connectivity index (χ2n) is 8.02. The third kappa shape index (κ3) is 5.71. The summed E-state index contributed by atoms with van der Waals surface area (Å²) < 4.78 is 32.4. The quantitative estimate of drug-likeness (QED) is 0.417. The number of sulfonamides is 1. The van der Waals surface area contributed by atoms with Gasteiger partial charge < -0.3 is 20.3 Å². The Bertz CT molecular complexity index is 1450. The topological polar surface area (TPSA) is 134 Å². The maximum atomic E-state index is 13.0. The molecule has 0 bridgehead atoms. The average Bonchev–Trinajstić information content (AvgIpc) is 3.25. The van der Waals surface area contributed by atoms with Crippen LogP contribution >= 0.6 is 22.9 Å². The zero-order valence-corrected chi connectivity index (χ0v) is 22.2. The van der Waals surface area contributed by atoms with E-state index in [-0.39, 0.29) is 28.6 Å². The Labute approximate surface area is 222 Å². The van der Waals surface area contributed by atoms with Crippen molar-refractivity contribution >= 4 is 61.6 Å². The number of nitrogens with one attached hydrogen (secondary N) is 3. The number of halogens is 1. The van der Waals surface area contributed by atoms with Gasteiger partial charge in [0.25, 0.3) is 21.8 Å². The summed E-state index contributed by atoms with van der Waals surface area (Å²) in [5, 5.41) is 6.18. The molecule has 0 spiro atoms. The number of thiophene rings is 1. The number of benzene rings is 2. The lowest BCUT2D eigenvalue weighted by atomic mass is 10.0. The van der Waals surface area contributed by atoms with Crippen molar-refractivity contribution in [3.63, 3.8) is 0 Å². The van der Waals surface area contributed by atoms with Crippen LogP contribution in [0, 0.1) is 0 Å². The zero-order valence-electron chi connectivity index (χ0n) is 19.8. The van der Waals surface area contributed by atoms with Crippen molar-refractivity contribution in [1.29, 1.82) is 0 Å². The molecule has 0 aliphatic carbocycles. The molecular weight excluding hydrogens is 540 g/mol. The van der Waals surface area contributed by atoms with E-state index >= 15 is 0 Å². The van der Waals surface area contributed by atoms with Crippen LogP contribution in [-0.2, 0) is 27.7 Å². The number of anilines is 2. The molecule has 3 aromatic rings. The molecule has 194 valence electrons. The van der Waals surface area contributed by atoms with E-state index in [1.165, 1.54) is 78.9 Å². The number of ether oxygens (including phenoxy) is 1. The molecule has 4 rings (SSSR count). The number of carbonyl (C=O) groups is 3. The molecule has 0 radical (unpaired) electrons. The third-order valence-electron chi connectivity index (χ3n) is 5.69. The van der Waals surface area contributed by atoms with E-state index in [2.05, 4.69) is 15.4 Å². The van der Waals surface area contributed by atoms with E-state index < -0.39 is 22.0 Å². The van der Waals surface area contributed by atoms with Crippen molar-refractivity contribution in [2.75, 3.05) is 30.7 Å². The van der Waals surface area contributed by atoms with Crippen LogP contribution < -0.4 is 15.4 Å². The molecule has 2 heterocycles. The molecule has 0 atom stereocenters. The standard InChI is InChI=1S/C24H23ClN4O6S2/c1-26-22(31)20-18-11-12-29(24(32)35-2)13-19(18)36-23(20)27-21(30)14-3-7-16(8-4-14)28-37(33,34)17-9-5-15(25)6-10-17/h3-10,28H,11-13H2,1-2H3,(H,26,31)(H,27,30). The molecule has 1 aliphatic heterocycles. The van der Waals surface area contributed by atoms with E-state index in [4.69, 9.17) is 16.3 Å². The highest BCUT2D eigenvalue weighted by atomic mass is 35.5. The molecule has 0 saturated heterocycles. The van der Waals surface area contributed by atoms with Crippen LogP contribution in [-0.4, -0.2) is 51.9 Å². The van der Waals surface area contributed by atoms with Crippen LogP contribution in [0.5, 0.6) is 0 Å². The van der Waals surface area contributed by atoms with E-state index in [9.17, 15) is 22.8 Å². The van der Waals surface area contributed by atoms with Gasteiger partial charge in [-0.25, -0.2) is 13.2 Å². The molecule has 13 heteroatoms. The first-order valence-corrected chi connectivity index (χ1v) is 13.7. The van der Waals surface area contributed by atoms with Gasteiger partial charge in [0, 0.05) is 34.7 Å². The minimum atomic E-state index is -3.83. The maximum absolute atomic E-state index is 13.0. The molecule has 10 nitrogen and oxygen atoms in total. The van der Waals surface area contributed by atoms with Gasteiger partial charge in [0.05, 0.1) is 24.1 Å². The predicted octanol–water partition coefficient (Wildman–Crippen LogP) is 3.94. The molecule has 1 aliphatic rings. The predicted molar refractivity (Wildman–Crippen MR) is 141 cm³/mol. The molecule has 0 unspecified atom stereocenters. The minimum absolute atomic E-state index is 0.0490. The largest absolute Gasteiger partial charge is 0.453 e. The number of fused-ring (bicyclic) bond motifs is 1. The van der Waals surface area contributed by atoms with Gasteiger partial charge >= 0.3 is 6.09 Å². The second-order valence-corrected chi connectivity index (χ2v) is 11.2. The molecule has 37 heavy (non-hydrogen) atoms. The van der Waals surface area contributed by atoms with Crippen molar-refractivity contribution in [2.45, 2.75) is 17.9 Å². The highest BCUT2D eigenvalue weighted by molar-refractivity contribution is 7.92.